The van der Waals surface area contributed by atoms with Gasteiger partial charge in [0.05, 0.1) is 6.20 Å². The quantitative estimate of drug-likeness (QED) is 0.887. The summed E-state index contributed by atoms with van der Waals surface area (Å²) in [5, 5.41) is 11.6. The van der Waals surface area contributed by atoms with Gasteiger partial charge in [0.25, 0.3) is 0 Å². The largest absolute Gasteiger partial charge is 0.442 e. The van der Waals surface area contributed by atoms with Gasteiger partial charge in [-0.05, 0) is 24.8 Å². The van der Waals surface area contributed by atoms with Crippen LogP contribution >= 0.6 is 0 Å². The maximum absolute atomic E-state index is 11.6. The van der Waals surface area contributed by atoms with Crippen LogP contribution < -0.4 is 0 Å². The first-order valence-electron chi connectivity index (χ1n) is 8.48. The third-order valence-electron chi connectivity index (χ3n) is 4.79. The topological polar surface area (TPSA) is 46.3 Å². The molecule has 1 heterocycles. The van der Waals surface area contributed by atoms with Gasteiger partial charge in [-0.15, -0.1) is 0 Å². The SMILES string of the molecule is CCCc1cnc(C(O)(c2ccccc2)C2CCCCC2)o1. The summed E-state index contributed by atoms with van der Waals surface area (Å²) < 4.78 is 5.94. The molecule has 0 saturated heterocycles. The molecule has 0 radical (unpaired) electrons. The first-order valence-corrected chi connectivity index (χ1v) is 8.48. The van der Waals surface area contributed by atoms with Crippen LogP contribution in [0, 0.1) is 5.92 Å². The normalized spacial score (nSPS) is 19.0. The Bertz CT molecular complexity index is 586. The van der Waals surface area contributed by atoms with Crippen LogP contribution in [0.2, 0.25) is 0 Å². The number of hydrogen-bond acceptors (Lipinski definition) is 3. The van der Waals surface area contributed by atoms with Gasteiger partial charge in [-0.2, -0.15) is 0 Å². The van der Waals surface area contributed by atoms with E-state index in [0.29, 0.717) is 5.89 Å². The van der Waals surface area contributed by atoms with Crippen LogP contribution in [-0.2, 0) is 12.0 Å². The van der Waals surface area contributed by atoms with Crippen LogP contribution in [0.15, 0.2) is 40.9 Å². The van der Waals surface area contributed by atoms with E-state index in [1.165, 1.54) is 19.3 Å². The summed E-state index contributed by atoms with van der Waals surface area (Å²) in [5.41, 5.74) is -0.208. The van der Waals surface area contributed by atoms with E-state index >= 15 is 0 Å². The second-order valence-corrected chi connectivity index (χ2v) is 6.35. The van der Waals surface area contributed by atoms with Crippen molar-refractivity contribution < 1.29 is 9.52 Å². The van der Waals surface area contributed by atoms with Crippen molar-refractivity contribution >= 4 is 0 Å². The molecule has 3 heteroatoms. The molecular weight excluding hydrogens is 274 g/mol. The fourth-order valence-electron chi connectivity index (χ4n) is 3.59. The second kappa shape index (κ2) is 6.66. The van der Waals surface area contributed by atoms with Gasteiger partial charge in [-0.3, -0.25) is 0 Å². The van der Waals surface area contributed by atoms with E-state index in [9.17, 15) is 5.11 Å². The average Bonchev–Trinajstić information content (AvgIpc) is 3.05. The Balaban J connectivity index is 2.01. The Labute approximate surface area is 132 Å². The monoisotopic (exact) mass is 299 g/mol. The van der Waals surface area contributed by atoms with Gasteiger partial charge in [-0.25, -0.2) is 4.98 Å². The maximum Gasteiger partial charge on any atom is 0.231 e. The third-order valence-corrected chi connectivity index (χ3v) is 4.79. The zero-order chi connectivity index (χ0) is 15.4. The molecule has 0 aliphatic heterocycles. The van der Waals surface area contributed by atoms with Gasteiger partial charge in [-0.1, -0.05) is 56.5 Å². The van der Waals surface area contributed by atoms with Crippen molar-refractivity contribution in [3.8, 4) is 0 Å². The van der Waals surface area contributed by atoms with Gasteiger partial charge >= 0.3 is 0 Å². The molecule has 0 spiro atoms. The van der Waals surface area contributed by atoms with Gasteiger partial charge in [0.1, 0.15) is 5.76 Å². The van der Waals surface area contributed by atoms with Crippen molar-refractivity contribution in [3.05, 3.63) is 53.7 Å². The fourth-order valence-corrected chi connectivity index (χ4v) is 3.59. The molecule has 0 bridgehead atoms. The first-order chi connectivity index (χ1) is 10.7. The van der Waals surface area contributed by atoms with Gasteiger partial charge in [0.15, 0.2) is 5.60 Å². The molecule has 1 atom stereocenters. The predicted octanol–water partition coefficient (Wildman–Crippen LogP) is 4.44. The lowest BCUT2D eigenvalue weighted by molar-refractivity contribution is -0.0238. The van der Waals surface area contributed by atoms with Gasteiger partial charge in [0, 0.05) is 12.3 Å². The number of nitrogens with zero attached hydrogens (tertiary/aromatic N) is 1. The summed E-state index contributed by atoms with van der Waals surface area (Å²) >= 11 is 0. The lowest BCUT2D eigenvalue weighted by Crippen LogP contribution is -2.38. The standard InChI is InChI=1S/C19H25NO2/c1-2-9-17-14-20-18(22-17)19(21,15-10-5-3-6-11-15)16-12-7-4-8-13-16/h3,5-6,10-11,14,16,21H,2,4,7-9,12-13H2,1H3. The highest BCUT2D eigenvalue weighted by Crippen LogP contribution is 2.43. The first kappa shape index (κ1) is 15.3. The molecule has 1 unspecified atom stereocenters. The maximum atomic E-state index is 11.6. The van der Waals surface area contributed by atoms with Crippen molar-refractivity contribution in [1.82, 2.24) is 4.98 Å². The zero-order valence-corrected chi connectivity index (χ0v) is 13.3. The van der Waals surface area contributed by atoms with Crippen molar-refractivity contribution in [2.24, 2.45) is 5.92 Å². The summed E-state index contributed by atoms with van der Waals surface area (Å²) in [7, 11) is 0. The lowest BCUT2D eigenvalue weighted by atomic mass is 9.73. The number of hydrogen-bond donors (Lipinski definition) is 1. The number of benzene rings is 1. The van der Waals surface area contributed by atoms with Crippen molar-refractivity contribution in [2.75, 3.05) is 0 Å². The molecule has 2 aromatic rings. The molecule has 1 saturated carbocycles. The molecule has 3 nitrogen and oxygen atoms in total. The summed E-state index contributed by atoms with van der Waals surface area (Å²) in [6.07, 6.45) is 9.30. The minimum Gasteiger partial charge on any atom is -0.442 e. The highest BCUT2D eigenvalue weighted by Gasteiger charge is 2.44. The number of rotatable bonds is 5. The molecule has 0 amide bonds. The highest BCUT2D eigenvalue weighted by molar-refractivity contribution is 5.30. The Hall–Kier alpha value is -1.61. The minimum absolute atomic E-state index is 0.178. The Morgan fingerprint density at radius 1 is 1.18 bits per heavy atom. The number of aryl methyl sites for hydroxylation is 1. The molecule has 1 aliphatic rings. The molecule has 1 aliphatic carbocycles. The van der Waals surface area contributed by atoms with Crippen molar-refractivity contribution in [3.63, 3.8) is 0 Å². The van der Waals surface area contributed by atoms with Gasteiger partial charge < -0.3 is 9.52 Å². The lowest BCUT2D eigenvalue weighted by Gasteiger charge is -2.36. The highest BCUT2D eigenvalue weighted by atomic mass is 16.4. The molecule has 118 valence electrons. The summed E-state index contributed by atoms with van der Waals surface area (Å²) in [6.45, 7) is 2.12. The molecule has 22 heavy (non-hydrogen) atoms. The predicted molar refractivity (Wildman–Crippen MR) is 86.5 cm³/mol. The molecule has 1 fully saturated rings. The van der Waals surface area contributed by atoms with E-state index in [1.54, 1.807) is 6.20 Å². The van der Waals surface area contributed by atoms with E-state index in [4.69, 9.17) is 4.42 Å². The molecule has 3 rings (SSSR count). The van der Waals surface area contributed by atoms with Crippen LogP contribution in [0.3, 0.4) is 0 Å². The molecule has 1 aromatic heterocycles. The second-order valence-electron chi connectivity index (χ2n) is 6.35. The molecular formula is C19H25NO2. The van der Waals surface area contributed by atoms with Crippen LogP contribution in [0.5, 0.6) is 0 Å². The third kappa shape index (κ3) is 2.82. The molecule has 1 N–H and O–H groups in total. The van der Waals surface area contributed by atoms with E-state index in [2.05, 4.69) is 11.9 Å². The smallest absolute Gasteiger partial charge is 0.231 e. The number of aliphatic hydroxyl groups is 1. The minimum atomic E-state index is -1.10. The Kier molecular flexibility index (Phi) is 4.63. The average molecular weight is 299 g/mol. The fraction of sp³-hybridized carbons (Fsp3) is 0.526. The summed E-state index contributed by atoms with van der Waals surface area (Å²) in [6, 6.07) is 9.89. The van der Waals surface area contributed by atoms with Gasteiger partial charge in [0.2, 0.25) is 5.89 Å². The van der Waals surface area contributed by atoms with Crippen LogP contribution in [0.25, 0.3) is 0 Å². The van der Waals surface area contributed by atoms with Crippen LogP contribution in [0.4, 0.5) is 0 Å². The zero-order valence-electron chi connectivity index (χ0n) is 13.3. The van der Waals surface area contributed by atoms with E-state index in [1.807, 2.05) is 30.3 Å². The van der Waals surface area contributed by atoms with E-state index in [-0.39, 0.29) is 5.92 Å². The van der Waals surface area contributed by atoms with Crippen molar-refractivity contribution in [1.29, 1.82) is 0 Å². The number of oxazole rings is 1. The van der Waals surface area contributed by atoms with Crippen LogP contribution in [0.1, 0.15) is 62.7 Å². The van der Waals surface area contributed by atoms with E-state index < -0.39 is 5.60 Å². The summed E-state index contributed by atoms with van der Waals surface area (Å²) in [5.74, 6) is 1.51. The Morgan fingerprint density at radius 2 is 1.91 bits per heavy atom. The van der Waals surface area contributed by atoms with Crippen molar-refractivity contribution in [2.45, 2.75) is 57.5 Å². The Morgan fingerprint density at radius 3 is 2.59 bits per heavy atom. The molecule has 1 aromatic carbocycles. The van der Waals surface area contributed by atoms with Crippen LogP contribution in [-0.4, -0.2) is 10.1 Å². The van der Waals surface area contributed by atoms with E-state index in [0.717, 1.165) is 37.0 Å². The summed E-state index contributed by atoms with van der Waals surface area (Å²) in [4.78, 5) is 4.44. The number of aromatic nitrogens is 1.